The van der Waals surface area contributed by atoms with Crippen LogP contribution in [0.5, 0.6) is 0 Å². The first-order chi connectivity index (χ1) is 9.23. The lowest BCUT2D eigenvalue weighted by Gasteiger charge is -2.12. The Morgan fingerprint density at radius 1 is 1.25 bits per heavy atom. The monoisotopic (exact) mass is 309 g/mol. The molecule has 0 aromatic heterocycles. The molecule has 0 heterocycles. The molecule has 1 rings (SSSR count). The lowest BCUT2D eigenvalue weighted by Crippen LogP contribution is -2.43. The molecule has 0 spiro atoms. The first-order valence-corrected chi connectivity index (χ1v) is 6.05. The summed E-state index contributed by atoms with van der Waals surface area (Å²) in [7, 11) is 0. The van der Waals surface area contributed by atoms with Crippen LogP contribution >= 0.6 is 11.8 Å². The molecule has 0 fully saturated rings. The van der Waals surface area contributed by atoms with Gasteiger partial charge >= 0.3 is 11.5 Å². The summed E-state index contributed by atoms with van der Waals surface area (Å²) in [4.78, 5) is 22.1. The Kier molecular flexibility index (Phi) is 5.40. The highest BCUT2D eigenvalue weighted by Gasteiger charge is 2.29. The van der Waals surface area contributed by atoms with Gasteiger partial charge in [0.05, 0.1) is 6.61 Å². The van der Waals surface area contributed by atoms with E-state index < -0.39 is 30.0 Å². The molecule has 9 heteroatoms. The normalized spacial score (nSPS) is 12.8. The third kappa shape index (κ3) is 5.10. The molecule has 20 heavy (non-hydrogen) atoms. The van der Waals surface area contributed by atoms with Crippen molar-refractivity contribution in [2.24, 2.45) is 0 Å². The van der Waals surface area contributed by atoms with Crippen LogP contribution in [0, 0.1) is 0 Å². The Morgan fingerprint density at radius 2 is 1.80 bits per heavy atom. The first-order valence-electron chi connectivity index (χ1n) is 5.23. The summed E-state index contributed by atoms with van der Waals surface area (Å²) in [5, 5.41) is 19.4. The second kappa shape index (κ2) is 6.62. The number of aliphatic hydroxyl groups is 1. The highest BCUT2D eigenvalue weighted by Crippen LogP contribution is 2.36. The predicted octanol–water partition coefficient (Wildman–Crippen LogP) is 1.47. The molecule has 0 aliphatic heterocycles. The van der Waals surface area contributed by atoms with Crippen LogP contribution in [0.25, 0.3) is 0 Å². The fraction of sp³-hybridized carbons (Fsp3) is 0.273. The van der Waals surface area contributed by atoms with Crippen molar-refractivity contribution in [2.45, 2.75) is 16.4 Å². The van der Waals surface area contributed by atoms with Crippen molar-refractivity contribution < 1.29 is 33.0 Å². The molecule has 5 nitrogen and oxygen atoms in total. The smallest absolute Gasteiger partial charge is 0.446 e. The molecule has 1 unspecified atom stereocenters. The molecule has 0 radical (unpaired) electrons. The van der Waals surface area contributed by atoms with E-state index in [0.717, 1.165) is 24.3 Å². The number of carboxylic acid groups (broad SMARTS) is 1. The molecule has 0 aliphatic rings. The van der Waals surface area contributed by atoms with Crippen LogP contribution in [-0.2, 0) is 4.79 Å². The third-order valence-electron chi connectivity index (χ3n) is 2.14. The Labute approximate surface area is 115 Å². The largest absolute Gasteiger partial charge is 0.480 e. The number of rotatable bonds is 5. The maximum absolute atomic E-state index is 12.1. The summed E-state index contributed by atoms with van der Waals surface area (Å²) < 4.78 is 36.3. The average Bonchev–Trinajstić information content (AvgIpc) is 2.34. The molecular weight excluding hydrogens is 299 g/mol. The maximum atomic E-state index is 12.1. The number of halogens is 3. The topological polar surface area (TPSA) is 86.6 Å². The zero-order valence-corrected chi connectivity index (χ0v) is 10.7. The fourth-order valence-electron chi connectivity index (χ4n) is 1.24. The maximum Gasteiger partial charge on any atom is 0.446 e. The number of thioether (sulfide) groups is 1. The summed E-state index contributed by atoms with van der Waals surface area (Å²) in [6.45, 7) is -0.789. The SMILES string of the molecule is O=C(NC(CO)C(=O)O)c1ccc(SC(F)(F)F)cc1. The molecule has 1 atom stereocenters. The van der Waals surface area contributed by atoms with Crippen LogP contribution in [0.4, 0.5) is 13.2 Å². The van der Waals surface area contributed by atoms with E-state index in [2.05, 4.69) is 0 Å². The summed E-state index contributed by atoms with van der Waals surface area (Å²) in [5.41, 5.74) is -4.43. The average molecular weight is 309 g/mol. The van der Waals surface area contributed by atoms with Crippen molar-refractivity contribution in [1.29, 1.82) is 0 Å². The van der Waals surface area contributed by atoms with Crippen molar-refractivity contribution in [3.63, 3.8) is 0 Å². The van der Waals surface area contributed by atoms with Gasteiger partial charge in [0.2, 0.25) is 0 Å². The number of aliphatic hydroxyl groups excluding tert-OH is 1. The van der Waals surface area contributed by atoms with Gasteiger partial charge in [0.1, 0.15) is 0 Å². The zero-order chi connectivity index (χ0) is 15.3. The van der Waals surface area contributed by atoms with Crippen LogP contribution in [0.15, 0.2) is 29.2 Å². The van der Waals surface area contributed by atoms with E-state index in [0.29, 0.717) is 0 Å². The van der Waals surface area contributed by atoms with Gasteiger partial charge in [-0.2, -0.15) is 13.2 Å². The van der Waals surface area contributed by atoms with Crippen LogP contribution in [0.1, 0.15) is 10.4 Å². The number of carbonyl (C=O) groups excluding carboxylic acids is 1. The Hall–Kier alpha value is -1.74. The molecule has 0 aliphatic carbocycles. The van der Waals surface area contributed by atoms with E-state index in [4.69, 9.17) is 10.2 Å². The standard InChI is InChI=1S/C11H10F3NO4S/c12-11(13,14)20-7-3-1-6(2-4-7)9(17)15-8(5-16)10(18)19/h1-4,8,16H,5H2,(H,15,17)(H,18,19). The Morgan fingerprint density at radius 3 is 2.20 bits per heavy atom. The van der Waals surface area contributed by atoms with E-state index in [-0.39, 0.29) is 22.2 Å². The number of hydrogen-bond donors (Lipinski definition) is 3. The number of benzene rings is 1. The van der Waals surface area contributed by atoms with E-state index >= 15 is 0 Å². The highest BCUT2D eigenvalue weighted by molar-refractivity contribution is 8.00. The Balaban J connectivity index is 2.73. The van der Waals surface area contributed by atoms with Crippen LogP contribution in [-0.4, -0.2) is 40.2 Å². The number of nitrogens with one attached hydrogen (secondary N) is 1. The second-order valence-corrected chi connectivity index (χ2v) is 4.76. The number of alkyl halides is 3. The van der Waals surface area contributed by atoms with Crippen LogP contribution in [0.3, 0.4) is 0 Å². The van der Waals surface area contributed by atoms with Gasteiger partial charge in [-0.3, -0.25) is 4.79 Å². The van der Waals surface area contributed by atoms with E-state index in [9.17, 15) is 22.8 Å². The van der Waals surface area contributed by atoms with Gasteiger partial charge in [-0.05, 0) is 36.0 Å². The van der Waals surface area contributed by atoms with Gasteiger partial charge in [-0.1, -0.05) is 0 Å². The minimum atomic E-state index is -4.42. The molecule has 110 valence electrons. The lowest BCUT2D eigenvalue weighted by molar-refractivity contribution is -0.140. The molecule has 0 saturated carbocycles. The summed E-state index contributed by atoms with van der Waals surface area (Å²) >= 11 is -0.321. The minimum absolute atomic E-state index is 0.00350. The summed E-state index contributed by atoms with van der Waals surface area (Å²) in [6.07, 6.45) is 0. The quantitative estimate of drug-likeness (QED) is 0.717. The molecule has 1 amide bonds. The van der Waals surface area contributed by atoms with Crippen molar-refractivity contribution in [3.05, 3.63) is 29.8 Å². The zero-order valence-electron chi connectivity index (χ0n) is 9.85. The molecule has 0 bridgehead atoms. The number of carbonyl (C=O) groups is 2. The molecule has 1 aromatic rings. The van der Waals surface area contributed by atoms with E-state index in [1.54, 1.807) is 0 Å². The summed E-state index contributed by atoms with van der Waals surface area (Å²) in [5.74, 6) is -2.21. The minimum Gasteiger partial charge on any atom is -0.480 e. The fourth-order valence-corrected chi connectivity index (χ4v) is 1.77. The van der Waals surface area contributed by atoms with Crippen molar-refractivity contribution in [3.8, 4) is 0 Å². The van der Waals surface area contributed by atoms with Crippen molar-refractivity contribution in [2.75, 3.05) is 6.61 Å². The number of aliphatic carboxylic acids is 1. The first kappa shape index (κ1) is 16.3. The van der Waals surface area contributed by atoms with Gasteiger partial charge in [-0.15, -0.1) is 0 Å². The van der Waals surface area contributed by atoms with Crippen LogP contribution in [0.2, 0.25) is 0 Å². The van der Waals surface area contributed by atoms with Crippen molar-refractivity contribution >= 4 is 23.6 Å². The molecule has 0 saturated heterocycles. The van der Waals surface area contributed by atoms with Crippen LogP contribution < -0.4 is 5.32 Å². The lowest BCUT2D eigenvalue weighted by atomic mass is 10.2. The molecule has 3 N–H and O–H groups in total. The van der Waals surface area contributed by atoms with E-state index in [1.807, 2.05) is 5.32 Å². The Bertz CT molecular complexity index is 489. The predicted molar refractivity (Wildman–Crippen MR) is 64.3 cm³/mol. The number of carboxylic acids is 1. The van der Waals surface area contributed by atoms with E-state index in [1.165, 1.54) is 0 Å². The van der Waals surface area contributed by atoms with Gasteiger partial charge < -0.3 is 15.5 Å². The van der Waals surface area contributed by atoms with Gasteiger partial charge in [0.25, 0.3) is 5.91 Å². The van der Waals surface area contributed by atoms with Gasteiger partial charge in [-0.25, -0.2) is 4.79 Å². The highest BCUT2D eigenvalue weighted by atomic mass is 32.2. The van der Waals surface area contributed by atoms with Gasteiger partial charge in [0, 0.05) is 10.5 Å². The second-order valence-electron chi connectivity index (χ2n) is 3.62. The number of amides is 1. The van der Waals surface area contributed by atoms with Gasteiger partial charge in [0.15, 0.2) is 6.04 Å². The number of hydrogen-bond acceptors (Lipinski definition) is 4. The molecule has 1 aromatic carbocycles. The third-order valence-corrected chi connectivity index (χ3v) is 2.88. The molecular formula is C11H10F3NO4S. The van der Waals surface area contributed by atoms with Crippen molar-refractivity contribution in [1.82, 2.24) is 5.32 Å². The summed E-state index contributed by atoms with van der Waals surface area (Å²) in [6, 6.07) is 3.01.